The summed E-state index contributed by atoms with van der Waals surface area (Å²) in [6.07, 6.45) is 0.716. The Morgan fingerprint density at radius 2 is 1.90 bits per heavy atom. The lowest BCUT2D eigenvalue weighted by atomic mass is 10.1. The molecule has 2 aromatic carbocycles. The normalized spacial score (nSPS) is 13.0. The maximum Gasteiger partial charge on any atom is 0.335 e. The summed E-state index contributed by atoms with van der Waals surface area (Å²) in [5, 5.41) is 9.08. The molecule has 0 atom stereocenters. The molecule has 3 rings (SSSR count). The van der Waals surface area contributed by atoms with Gasteiger partial charge in [0.2, 0.25) is 0 Å². The van der Waals surface area contributed by atoms with Crippen LogP contribution in [0, 0.1) is 0 Å². The molecule has 0 unspecified atom stereocenters. The van der Waals surface area contributed by atoms with Gasteiger partial charge in [-0.3, -0.25) is 4.79 Å². The Labute approximate surface area is 121 Å². The lowest BCUT2D eigenvalue weighted by Gasteiger charge is -2.18. The molecule has 5 heteroatoms. The third-order valence-electron chi connectivity index (χ3n) is 3.66. The number of fused-ring (bicyclic) bond motifs is 1. The van der Waals surface area contributed by atoms with Gasteiger partial charge in [0, 0.05) is 17.9 Å². The van der Waals surface area contributed by atoms with Gasteiger partial charge in [0.1, 0.15) is 0 Å². The maximum atomic E-state index is 12.6. The number of hydrogen-bond donors (Lipinski definition) is 2. The van der Waals surface area contributed by atoms with Crippen molar-refractivity contribution in [3.8, 4) is 0 Å². The van der Waals surface area contributed by atoms with Crippen molar-refractivity contribution in [2.24, 2.45) is 0 Å². The van der Waals surface area contributed by atoms with E-state index in [1.807, 2.05) is 0 Å². The van der Waals surface area contributed by atoms with Crippen LogP contribution in [0.15, 0.2) is 42.5 Å². The predicted octanol–water partition coefficient (Wildman–Crippen LogP) is 2.17. The molecule has 106 valence electrons. The van der Waals surface area contributed by atoms with Crippen LogP contribution in [0.2, 0.25) is 0 Å². The second-order valence-electron chi connectivity index (χ2n) is 4.94. The monoisotopic (exact) mass is 282 g/mol. The summed E-state index contributed by atoms with van der Waals surface area (Å²) in [5.41, 5.74) is 8.51. The van der Waals surface area contributed by atoms with Crippen molar-refractivity contribution in [1.29, 1.82) is 0 Å². The fraction of sp³-hybridized carbons (Fsp3) is 0.125. The Bertz CT molecular complexity index is 740. The van der Waals surface area contributed by atoms with E-state index in [-0.39, 0.29) is 11.5 Å². The van der Waals surface area contributed by atoms with Crippen LogP contribution in [0.25, 0.3) is 0 Å². The summed E-state index contributed by atoms with van der Waals surface area (Å²) in [6.45, 7) is 0.533. The second-order valence-corrected chi connectivity index (χ2v) is 4.94. The molecule has 1 heterocycles. The highest BCUT2D eigenvalue weighted by Crippen LogP contribution is 2.31. The molecule has 1 amide bonds. The summed E-state index contributed by atoms with van der Waals surface area (Å²) in [7, 11) is 0. The smallest absolute Gasteiger partial charge is 0.335 e. The van der Waals surface area contributed by atoms with Gasteiger partial charge >= 0.3 is 5.97 Å². The largest absolute Gasteiger partial charge is 0.478 e. The molecule has 0 saturated heterocycles. The molecular formula is C16H14N2O3. The first kappa shape index (κ1) is 13.2. The van der Waals surface area contributed by atoms with Gasteiger partial charge in [-0.15, -0.1) is 0 Å². The van der Waals surface area contributed by atoms with Gasteiger partial charge in [-0.2, -0.15) is 0 Å². The van der Waals surface area contributed by atoms with Crippen molar-refractivity contribution in [1.82, 2.24) is 0 Å². The zero-order valence-electron chi connectivity index (χ0n) is 11.2. The van der Waals surface area contributed by atoms with Gasteiger partial charge in [-0.05, 0) is 36.2 Å². The average Bonchev–Trinajstić information content (AvgIpc) is 2.90. The fourth-order valence-electron chi connectivity index (χ4n) is 2.56. The van der Waals surface area contributed by atoms with E-state index in [4.69, 9.17) is 10.8 Å². The molecule has 0 fully saturated rings. The number of nitrogens with two attached hydrogens (primary N) is 1. The van der Waals surface area contributed by atoms with Crippen molar-refractivity contribution >= 4 is 23.3 Å². The van der Waals surface area contributed by atoms with Gasteiger partial charge < -0.3 is 15.7 Å². The molecule has 0 bridgehead atoms. The highest BCUT2D eigenvalue weighted by Gasteiger charge is 2.27. The van der Waals surface area contributed by atoms with Gasteiger partial charge in [0.05, 0.1) is 11.1 Å². The molecule has 0 aliphatic carbocycles. The number of carbonyl (C=O) groups is 2. The molecule has 1 aliphatic rings. The standard InChI is InChI=1S/C16H14N2O3/c17-13-4-2-1-3-12(13)15(19)18-8-7-10-5-6-11(16(20)21)9-14(10)18/h1-6,9H,7-8,17H2,(H,20,21). The molecule has 3 N–H and O–H groups in total. The third-order valence-corrected chi connectivity index (χ3v) is 3.66. The van der Waals surface area contributed by atoms with Gasteiger partial charge in [-0.1, -0.05) is 18.2 Å². The van der Waals surface area contributed by atoms with Gasteiger partial charge in [-0.25, -0.2) is 4.79 Å². The van der Waals surface area contributed by atoms with Crippen molar-refractivity contribution in [2.75, 3.05) is 17.2 Å². The number of amides is 1. The van der Waals surface area contributed by atoms with Crippen LogP contribution < -0.4 is 10.6 Å². The number of aromatic carboxylic acids is 1. The second kappa shape index (κ2) is 4.94. The summed E-state index contributed by atoms with van der Waals surface area (Å²) >= 11 is 0. The molecule has 0 radical (unpaired) electrons. The Balaban J connectivity index is 2.01. The number of carbonyl (C=O) groups excluding carboxylic acids is 1. The Morgan fingerprint density at radius 1 is 1.14 bits per heavy atom. The van der Waals surface area contributed by atoms with Crippen molar-refractivity contribution in [2.45, 2.75) is 6.42 Å². The Kier molecular flexibility index (Phi) is 3.10. The molecular weight excluding hydrogens is 268 g/mol. The summed E-state index contributed by atoms with van der Waals surface area (Å²) < 4.78 is 0. The first-order valence-electron chi connectivity index (χ1n) is 6.60. The number of hydrogen-bond acceptors (Lipinski definition) is 3. The number of anilines is 2. The number of para-hydroxylation sites is 1. The SMILES string of the molecule is Nc1ccccc1C(=O)N1CCc2ccc(C(=O)O)cc21. The Hall–Kier alpha value is -2.82. The number of nitrogens with zero attached hydrogens (tertiary/aromatic N) is 1. The van der Waals surface area contributed by atoms with E-state index in [0.29, 0.717) is 29.9 Å². The average molecular weight is 282 g/mol. The van der Waals surface area contributed by atoms with Crippen LogP contribution in [0.5, 0.6) is 0 Å². The molecule has 0 spiro atoms. The van der Waals surface area contributed by atoms with E-state index in [9.17, 15) is 9.59 Å². The van der Waals surface area contributed by atoms with Crippen LogP contribution >= 0.6 is 0 Å². The van der Waals surface area contributed by atoms with Crippen LogP contribution in [-0.2, 0) is 6.42 Å². The summed E-state index contributed by atoms with van der Waals surface area (Å²) in [6, 6.07) is 11.8. The van der Waals surface area contributed by atoms with Crippen LogP contribution in [0.3, 0.4) is 0 Å². The van der Waals surface area contributed by atoms with Gasteiger partial charge in [0.25, 0.3) is 5.91 Å². The number of carboxylic acids is 1. The van der Waals surface area contributed by atoms with E-state index < -0.39 is 5.97 Å². The number of benzene rings is 2. The molecule has 0 saturated carbocycles. The first-order chi connectivity index (χ1) is 10.1. The summed E-state index contributed by atoms with van der Waals surface area (Å²) in [5.74, 6) is -1.20. The minimum Gasteiger partial charge on any atom is -0.478 e. The molecule has 21 heavy (non-hydrogen) atoms. The zero-order valence-corrected chi connectivity index (χ0v) is 11.2. The predicted molar refractivity (Wildman–Crippen MR) is 79.6 cm³/mol. The number of rotatable bonds is 2. The summed E-state index contributed by atoms with van der Waals surface area (Å²) in [4.78, 5) is 25.3. The minimum absolute atomic E-state index is 0.175. The van der Waals surface area contributed by atoms with E-state index in [0.717, 1.165) is 5.56 Å². The molecule has 2 aromatic rings. The fourth-order valence-corrected chi connectivity index (χ4v) is 2.56. The zero-order chi connectivity index (χ0) is 15.0. The highest BCUT2D eigenvalue weighted by molar-refractivity contribution is 6.10. The molecule has 1 aliphatic heterocycles. The minimum atomic E-state index is -1.00. The molecule has 5 nitrogen and oxygen atoms in total. The third kappa shape index (κ3) is 2.23. The van der Waals surface area contributed by atoms with Crippen molar-refractivity contribution < 1.29 is 14.7 Å². The van der Waals surface area contributed by atoms with Crippen LogP contribution in [0.1, 0.15) is 26.3 Å². The van der Waals surface area contributed by atoms with Crippen molar-refractivity contribution in [3.05, 3.63) is 59.2 Å². The maximum absolute atomic E-state index is 12.6. The van der Waals surface area contributed by atoms with Crippen molar-refractivity contribution in [3.63, 3.8) is 0 Å². The molecule has 0 aromatic heterocycles. The van der Waals surface area contributed by atoms with Gasteiger partial charge in [0.15, 0.2) is 0 Å². The first-order valence-corrected chi connectivity index (χ1v) is 6.60. The number of nitrogen functional groups attached to an aromatic ring is 1. The van der Waals surface area contributed by atoms with E-state index >= 15 is 0 Å². The van der Waals surface area contributed by atoms with E-state index in [1.54, 1.807) is 47.4 Å². The quantitative estimate of drug-likeness (QED) is 0.827. The number of carboxylic acid groups (broad SMARTS) is 1. The van der Waals surface area contributed by atoms with E-state index in [2.05, 4.69) is 0 Å². The lowest BCUT2D eigenvalue weighted by molar-refractivity contribution is 0.0696. The van der Waals surface area contributed by atoms with E-state index in [1.165, 1.54) is 0 Å². The topological polar surface area (TPSA) is 83.6 Å². The van der Waals surface area contributed by atoms with Crippen LogP contribution in [0.4, 0.5) is 11.4 Å². The Morgan fingerprint density at radius 3 is 2.62 bits per heavy atom. The van der Waals surface area contributed by atoms with Crippen LogP contribution in [-0.4, -0.2) is 23.5 Å². The highest BCUT2D eigenvalue weighted by atomic mass is 16.4. The lowest BCUT2D eigenvalue weighted by Crippen LogP contribution is -2.29.